The summed E-state index contributed by atoms with van der Waals surface area (Å²) in [5.74, 6) is 0.614. The van der Waals surface area contributed by atoms with Crippen molar-refractivity contribution in [1.29, 1.82) is 0 Å². The molecule has 0 radical (unpaired) electrons. The summed E-state index contributed by atoms with van der Waals surface area (Å²) in [5, 5.41) is 3.55. The standard InChI is InChI=1S/C19H20N4O.C3H9N/c1-22-10-12-23(13-11-22)15-8-6-14(7-9-15)18-20-17-5-3-2-4-16(17)19(24)21-18;1-3-4-2/h2-9H,10-13H2,1H3,(H,20,21,24);4H,3H2,1-2H3. The second-order valence-electron chi connectivity index (χ2n) is 6.98. The van der Waals surface area contributed by atoms with E-state index in [1.54, 1.807) is 6.07 Å². The molecule has 28 heavy (non-hydrogen) atoms. The van der Waals surface area contributed by atoms with Crippen LogP contribution in [0.3, 0.4) is 0 Å². The zero-order valence-corrected chi connectivity index (χ0v) is 16.9. The molecule has 1 aromatic heterocycles. The maximum atomic E-state index is 12.2. The van der Waals surface area contributed by atoms with Crippen molar-refractivity contribution >= 4 is 16.6 Å². The first kappa shape index (κ1) is 20.0. The lowest BCUT2D eigenvalue weighted by atomic mass is 10.1. The third kappa shape index (κ3) is 4.77. The molecule has 1 aliphatic rings. The molecule has 2 heterocycles. The van der Waals surface area contributed by atoms with Crippen molar-refractivity contribution in [2.24, 2.45) is 0 Å². The van der Waals surface area contributed by atoms with Crippen molar-refractivity contribution in [1.82, 2.24) is 20.2 Å². The van der Waals surface area contributed by atoms with Crippen LogP contribution >= 0.6 is 0 Å². The molecule has 0 atom stereocenters. The Morgan fingerprint density at radius 3 is 2.32 bits per heavy atom. The second-order valence-corrected chi connectivity index (χ2v) is 6.98. The Kier molecular flexibility index (Phi) is 6.79. The summed E-state index contributed by atoms with van der Waals surface area (Å²) in [6, 6.07) is 15.7. The van der Waals surface area contributed by atoms with E-state index >= 15 is 0 Å². The number of hydrogen-bond donors (Lipinski definition) is 2. The lowest BCUT2D eigenvalue weighted by Crippen LogP contribution is -2.44. The summed E-state index contributed by atoms with van der Waals surface area (Å²) in [4.78, 5) is 24.4. The number of piperazine rings is 1. The van der Waals surface area contributed by atoms with Crippen molar-refractivity contribution in [2.75, 3.05) is 51.7 Å². The molecule has 1 saturated heterocycles. The van der Waals surface area contributed by atoms with Gasteiger partial charge in [-0.15, -0.1) is 0 Å². The van der Waals surface area contributed by atoms with Gasteiger partial charge < -0.3 is 20.1 Å². The molecular weight excluding hydrogens is 350 g/mol. The summed E-state index contributed by atoms with van der Waals surface area (Å²) in [6.07, 6.45) is 0. The molecule has 0 amide bonds. The fourth-order valence-corrected chi connectivity index (χ4v) is 3.12. The molecule has 1 aliphatic heterocycles. The minimum absolute atomic E-state index is 0.0984. The van der Waals surface area contributed by atoms with Crippen LogP contribution < -0.4 is 15.8 Å². The highest BCUT2D eigenvalue weighted by Crippen LogP contribution is 2.22. The van der Waals surface area contributed by atoms with Gasteiger partial charge in [-0.3, -0.25) is 4.79 Å². The predicted molar refractivity (Wildman–Crippen MR) is 117 cm³/mol. The minimum Gasteiger partial charge on any atom is -0.369 e. The van der Waals surface area contributed by atoms with Crippen LogP contribution in [-0.2, 0) is 0 Å². The maximum Gasteiger partial charge on any atom is 0.259 e. The quantitative estimate of drug-likeness (QED) is 0.732. The van der Waals surface area contributed by atoms with Crippen molar-refractivity contribution in [3.63, 3.8) is 0 Å². The number of nitrogens with zero attached hydrogens (tertiary/aromatic N) is 3. The topological polar surface area (TPSA) is 64.3 Å². The highest BCUT2D eigenvalue weighted by atomic mass is 16.1. The largest absolute Gasteiger partial charge is 0.369 e. The van der Waals surface area contributed by atoms with Crippen molar-refractivity contribution < 1.29 is 0 Å². The van der Waals surface area contributed by atoms with E-state index in [1.165, 1.54) is 5.69 Å². The Hall–Kier alpha value is -2.70. The van der Waals surface area contributed by atoms with E-state index in [2.05, 4.69) is 51.2 Å². The van der Waals surface area contributed by atoms with Crippen LogP contribution in [0.25, 0.3) is 22.3 Å². The van der Waals surface area contributed by atoms with Crippen LogP contribution in [0.2, 0.25) is 0 Å². The molecule has 0 aliphatic carbocycles. The van der Waals surface area contributed by atoms with E-state index in [-0.39, 0.29) is 5.56 Å². The number of aromatic amines is 1. The number of anilines is 1. The van der Waals surface area contributed by atoms with E-state index in [0.717, 1.165) is 43.8 Å². The molecule has 0 spiro atoms. The van der Waals surface area contributed by atoms with Crippen LogP contribution in [0.1, 0.15) is 6.92 Å². The first-order chi connectivity index (χ1) is 13.6. The smallest absolute Gasteiger partial charge is 0.259 e. The van der Waals surface area contributed by atoms with Gasteiger partial charge in [-0.25, -0.2) is 4.98 Å². The summed E-state index contributed by atoms with van der Waals surface area (Å²) in [6.45, 7) is 7.39. The third-order valence-corrected chi connectivity index (χ3v) is 4.98. The average molecular weight is 380 g/mol. The number of hydrogen-bond acceptors (Lipinski definition) is 5. The van der Waals surface area contributed by atoms with Crippen molar-refractivity contribution in [3.8, 4) is 11.4 Å². The fourth-order valence-electron chi connectivity index (χ4n) is 3.12. The van der Waals surface area contributed by atoms with Gasteiger partial charge in [-0.1, -0.05) is 19.1 Å². The lowest BCUT2D eigenvalue weighted by molar-refractivity contribution is 0.313. The first-order valence-electron chi connectivity index (χ1n) is 9.80. The molecule has 2 N–H and O–H groups in total. The molecule has 1 fully saturated rings. The van der Waals surface area contributed by atoms with Crippen LogP contribution in [0.5, 0.6) is 0 Å². The molecule has 6 heteroatoms. The van der Waals surface area contributed by atoms with Crippen LogP contribution in [-0.4, -0.2) is 61.7 Å². The summed E-state index contributed by atoms with van der Waals surface area (Å²) in [5.41, 5.74) is 2.77. The number of para-hydroxylation sites is 1. The van der Waals surface area contributed by atoms with Gasteiger partial charge in [0.05, 0.1) is 10.9 Å². The third-order valence-electron chi connectivity index (χ3n) is 4.98. The van der Waals surface area contributed by atoms with Gasteiger partial charge in [0.1, 0.15) is 5.82 Å². The van der Waals surface area contributed by atoms with E-state index in [1.807, 2.05) is 37.4 Å². The van der Waals surface area contributed by atoms with Gasteiger partial charge in [0.2, 0.25) is 0 Å². The number of fused-ring (bicyclic) bond motifs is 1. The van der Waals surface area contributed by atoms with Gasteiger partial charge in [0.25, 0.3) is 5.56 Å². The van der Waals surface area contributed by atoms with E-state index in [0.29, 0.717) is 11.2 Å². The highest BCUT2D eigenvalue weighted by molar-refractivity contribution is 5.79. The Balaban J connectivity index is 0.000000516. The maximum absolute atomic E-state index is 12.2. The minimum atomic E-state index is -0.0984. The van der Waals surface area contributed by atoms with Crippen LogP contribution in [0, 0.1) is 0 Å². The summed E-state index contributed by atoms with van der Waals surface area (Å²) < 4.78 is 0. The Morgan fingerprint density at radius 2 is 1.68 bits per heavy atom. The number of aromatic nitrogens is 2. The fraction of sp³-hybridized carbons (Fsp3) is 0.364. The first-order valence-corrected chi connectivity index (χ1v) is 9.80. The molecule has 2 aromatic carbocycles. The number of likely N-dealkylation sites (N-methyl/N-ethyl adjacent to an activating group) is 1. The summed E-state index contributed by atoms with van der Waals surface area (Å²) >= 11 is 0. The summed E-state index contributed by atoms with van der Waals surface area (Å²) in [7, 11) is 4.09. The molecule has 0 bridgehead atoms. The lowest BCUT2D eigenvalue weighted by Gasteiger charge is -2.34. The molecular formula is C22H29N5O. The zero-order valence-electron chi connectivity index (χ0n) is 16.9. The van der Waals surface area contributed by atoms with E-state index in [4.69, 9.17) is 0 Å². The second kappa shape index (κ2) is 9.48. The normalized spacial score (nSPS) is 14.6. The SMILES string of the molecule is CCNC.CN1CCN(c2ccc(-c3nc4ccccc4c(=O)[nH]3)cc2)CC1. The Morgan fingerprint density at radius 1 is 1.04 bits per heavy atom. The zero-order chi connectivity index (χ0) is 19.9. The highest BCUT2D eigenvalue weighted by Gasteiger charge is 2.14. The Bertz CT molecular complexity index is 941. The van der Waals surface area contributed by atoms with E-state index < -0.39 is 0 Å². The molecule has 0 saturated carbocycles. The van der Waals surface area contributed by atoms with Gasteiger partial charge in [-0.2, -0.15) is 0 Å². The van der Waals surface area contributed by atoms with Crippen molar-refractivity contribution in [2.45, 2.75) is 6.92 Å². The van der Waals surface area contributed by atoms with Gasteiger partial charge in [0.15, 0.2) is 0 Å². The van der Waals surface area contributed by atoms with Crippen LogP contribution in [0.4, 0.5) is 5.69 Å². The van der Waals surface area contributed by atoms with Gasteiger partial charge in [0, 0.05) is 37.4 Å². The number of rotatable bonds is 3. The predicted octanol–water partition coefficient (Wildman–Crippen LogP) is 2.57. The monoisotopic (exact) mass is 379 g/mol. The molecule has 0 unspecified atom stereocenters. The Labute approximate surface area is 166 Å². The number of nitrogens with one attached hydrogen (secondary N) is 2. The van der Waals surface area contributed by atoms with Gasteiger partial charge in [-0.05, 0) is 57.0 Å². The number of H-pyrrole nitrogens is 1. The van der Waals surface area contributed by atoms with Crippen molar-refractivity contribution in [3.05, 3.63) is 58.9 Å². The van der Waals surface area contributed by atoms with Gasteiger partial charge >= 0.3 is 0 Å². The molecule has 3 aromatic rings. The molecule has 148 valence electrons. The van der Waals surface area contributed by atoms with Crippen LogP contribution in [0.15, 0.2) is 53.3 Å². The van der Waals surface area contributed by atoms with E-state index in [9.17, 15) is 4.79 Å². The molecule has 4 rings (SSSR count). The average Bonchev–Trinajstić information content (AvgIpc) is 2.74. The number of benzene rings is 2. The molecule has 6 nitrogen and oxygen atoms in total.